The lowest BCUT2D eigenvalue weighted by atomic mass is 10.1. The monoisotopic (exact) mass is 281 g/mol. The molecule has 2 aromatic carbocycles. The van der Waals surface area contributed by atoms with Crippen molar-refractivity contribution in [1.29, 1.82) is 0 Å². The minimum atomic E-state index is -0.507. The van der Waals surface area contributed by atoms with E-state index in [9.17, 15) is 4.79 Å². The molecule has 0 radical (unpaired) electrons. The Hall–Kier alpha value is -2.42. The van der Waals surface area contributed by atoms with E-state index in [1.807, 2.05) is 60.7 Å². The summed E-state index contributed by atoms with van der Waals surface area (Å²) in [4.78, 5) is 16.4. The fourth-order valence-electron chi connectivity index (χ4n) is 1.99. The molecular weight excluding hydrogens is 262 g/mol. The summed E-state index contributed by atoms with van der Waals surface area (Å²) in [6.45, 7) is 2.17. The van der Waals surface area contributed by atoms with E-state index in [1.54, 1.807) is 13.1 Å². The molecular formula is C18H19NO2. The van der Waals surface area contributed by atoms with Crippen LogP contribution in [0.25, 0.3) is 0 Å². The van der Waals surface area contributed by atoms with Crippen molar-refractivity contribution in [3.05, 3.63) is 71.8 Å². The summed E-state index contributed by atoms with van der Waals surface area (Å²) in [6.07, 6.45) is 2.27. The van der Waals surface area contributed by atoms with Crippen LogP contribution in [0.3, 0.4) is 0 Å². The smallest absolute Gasteiger partial charge is 0.331 e. The van der Waals surface area contributed by atoms with Gasteiger partial charge in [0.15, 0.2) is 6.04 Å². The first-order chi connectivity index (χ1) is 10.3. The number of aliphatic imine (C=N–C) groups is 1. The number of benzene rings is 2. The van der Waals surface area contributed by atoms with Crippen molar-refractivity contribution >= 4 is 12.2 Å². The maximum atomic E-state index is 12.0. The van der Waals surface area contributed by atoms with E-state index >= 15 is 0 Å². The van der Waals surface area contributed by atoms with E-state index in [0.29, 0.717) is 13.0 Å². The maximum absolute atomic E-state index is 12.0. The van der Waals surface area contributed by atoms with Gasteiger partial charge in [0.2, 0.25) is 0 Å². The zero-order chi connectivity index (χ0) is 14.9. The van der Waals surface area contributed by atoms with Crippen LogP contribution in [0.5, 0.6) is 0 Å². The molecule has 0 aliphatic heterocycles. The fourth-order valence-corrected chi connectivity index (χ4v) is 1.99. The molecule has 3 heteroatoms. The Morgan fingerprint density at radius 1 is 1.10 bits per heavy atom. The van der Waals surface area contributed by atoms with Crippen molar-refractivity contribution < 1.29 is 9.53 Å². The molecule has 3 nitrogen and oxygen atoms in total. The highest BCUT2D eigenvalue weighted by Gasteiger charge is 2.18. The summed E-state index contributed by atoms with van der Waals surface area (Å²) in [7, 11) is 0. The Labute approximate surface area is 125 Å². The van der Waals surface area contributed by atoms with E-state index in [2.05, 4.69) is 4.99 Å². The van der Waals surface area contributed by atoms with Crippen LogP contribution < -0.4 is 0 Å². The molecule has 0 spiro atoms. The predicted octanol–water partition coefficient (Wildman–Crippen LogP) is 3.28. The van der Waals surface area contributed by atoms with E-state index in [-0.39, 0.29) is 5.97 Å². The average Bonchev–Trinajstić information content (AvgIpc) is 2.53. The van der Waals surface area contributed by atoms with Crippen molar-refractivity contribution in [2.24, 2.45) is 4.99 Å². The number of hydrogen-bond donors (Lipinski definition) is 0. The Balaban J connectivity index is 2.12. The van der Waals surface area contributed by atoms with E-state index in [0.717, 1.165) is 11.1 Å². The number of hydrogen-bond acceptors (Lipinski definition) is 3. The number of nitrogens with zero attached hydrogens (tertiary/aromatic N) is 1. The summed E-state index contributed by atoms with van der Waals surface area (Å²) in [6, 6.07) is 19.1. The molecule has 1 atom stereocenters. The number of rotatable bonds is 6. The first-order valence-electron chi connectivity index (χ1n) is 7.08. The largest absolute Gasteiger partial charge is 0.464 e. The lowest BCUT2D eigenvalue weighted by Crippen LogP contribution is -2.24. The summed E-state index contributed by atoms with van der Waals surface area (Å²) in [5, 5.41) is 0. The van der Waals surface area contributed by atoms with Gasteiger partial charge in [-0.3, -0.25) is 4.99 Å². The molecule has 0 aromatic heterocycles. The second kappa shape index (κ2) is 8.00. The normalized spacial score (nSPS) is 12.2. The van der Waals surface area contributed by atoms with Crippen LogP contribution in [0.1, 0.15) is 18.1 Å². The van der Waals surface area contributed by atoms with Crippen molar-refractivity contribution in [3.8, 4) is 0 Å². The van der Waals surface area contributed by atoms with Crippen LogP contribution in [0, 0.1) is 0 Å². The molecule has 0 amide bonds. The standard InChI is InChI=1S/C18H19NO2/c1-2-21-18(20)17(13-15-9-5-3-6-10-15)19-14-16-11-7-4-8-12-16/h3-12,14,17H,2,13H2,1H3. The van der Waals surface area contributed by atoms with Gasteiger partial charge >= 0.3 is 5.97 Å². The molecule has 0 N–H and O–H groups in total. The zero-order valence-corrected chi connectivity index (χ0v) is 12.1. The SMILES string of the molecule is CCOC(=O)C(Cc1ccccc1)N=Cc1ccccc1. The second-order valence-electron chi connectivity index (χ2n) is 4.65. The molecule has 2 aromatic rings. The van der Waals surface area contributed by atoms with E-state index < -0.39 is 6.04 Å². The van der Waals surface area contributed by atoms with Crippen molar-refractivity contribution in [2.45, 2.75) is 19.4 Å². The molecule has 108 valence electrons. The lowest BCUT2D eigenvalue weighted by Gasteiger charge is -2.11. The van der Waals surface area contributed by atoms with Gasteiger partial charge < -0.3 is 4.74 Å². The molecule has 21 heavy (non-hydrogen) atoms. The van der Waals surface area contributed by atoms with Crippen LogP contribution in [0.4, 0.5) is 0 Å². The van der Waals surface area contributed by atoms with Gasteiger partial charge in [-0.25, -0.2) is 4.79 Å². The molecule has 0 saturated carbocycles. The maximum Gasteiger partial charge on any atom is 0.331 e. The molecule has 0 aliphatic rings. The average molecular weight is 281 g/mol. The highest BCUT2D eigenvalue weighted by Crippen LogP contribution is 2.08. The number of ether oxygens (including phenoxy) is 1. The van der Waals surface area contributed by atoms with Gasteiger partial charge in [0.1, 0.15) is 0 Å². The number of esters is 1. The number of carbonyl (C=O) groups excluding carboxylic acids is 1. The highest BCUT2D eigenvalue weighted by atomic mass is 16.5. The summed E-state index contributed by atoms with van der Waals surface area (Å²) < 4.78 is 5.11. The van der Waals surface area contributed by atoms with Crippen molar-refractivity contribution in [2.75, 3.05) is 6.61 Å². The Morgan fingerprint density at radius 3 is 2.33 bits per heavy atom. The first kappa shape index (κ1) is 15.0. The predicted molar refractivity (Wildman–Crippen MR) is 84.6 cm³/mol. The summed E-state index contributed by atoms with van der Waals surface area (Å²) in [5.41, 5.74) is 2.04. The van der Waals surface area contributed by atoms with Crippen LogP contribution in [0.2, 0.25) is 0 Å². The third-order valence-electron chi connectivity index (χ3n) is 3.03. The van der Waals surface area contributed by atoms with Gasteiger partial charge in [0, 0.05) is 12.6 Å². The second-order valence-corrected chi connectivity index (χ2v) is 4.65. The third-order valence-corrected chi connectivity index (χ3v) is 3.03. The number of carbonyl (C=O) groups is 1. The molecule has 2 rings (SSSR count). The van der Waals surface area contributed by atoms with Crippen LogP contribution in [-0.2, 0) is 16.0 Å². The van der Waals surface area contributed by atoms with Crippen LogP contribution >= 0.6 is 0 Å². The Morgan fingerprint density at radius 2 is 1.71 bits per heavy atom. The Bertz CT molecular complexity index is 579. The van der Waals surface area contributed by atoms with Crippen molar-refractivity contribution in [1.82, 2.24) is 0 Å². The van der Waals surface area contributed by atoms with E-state index in [4.69, 9.17) is 4.74 Å². The topological polar surface area (TPSA) is 38.7 Å². The first-order valence-corrected chi connectivity index (χ1v) is 7.08. The summed E-state index contributed by atoms with van der Waals surface area (Å²) in [5.74, 6) is -0.284. The molecule has 0 heterocycles. The molecule has 0 bridgehead atoms. The minimum Gasteiger partial charge on any atom is -0.464 e. The molecule has 1 unspecified atom stereocenters. The lowest BCUT2D eigenvalue weighted by molar-refractivity contribution is -0.144. The van der Waals surface area contributed by atoms with Gasteiger partial charge in [-0.15, -0.1) is 0 Å². The van der Waals surface area contributed by atoms with Crippen molar-refractivity contribution in [3.63, 3.8) is 0 Å². The molecule has 0 aliphatic carbocycles. The van der Waals surface area contributed by atoms with Gasteiger partial charge in [0.05, 0.1) is 6.61 Å². The molecule has 0 saturated heterocycles. The zero-order valence-electron chi connectivity index (χ0n) is 12.1. The Kier molecular flexibility index (Phi) is 5.71. The van der Waals surface area contributed by atoms with Gasteiger partial charge in [-0.05, 0) is 18.1 Å². The van der Waals surface area contributed by atoms with Gasteiger partial charge in [-0.1, -0.05) is 60.7 Å². The molecule has 0 fully saturated rings. The quantitative estimate of drug-likeness (QED) is 0.602. The minimum absolute atomic E-state index is 0.284. The van der Waals surface area contributed by atoms with Gasteiger partial charge in [-0.2, -0.15) is 0 Å². The fraction of sp³-hybridized carbons (Fsp3) is 0.222. The van der Waals surface area contributed by atoms with Crippen LogP contribution in [-0.4, -0.2) is 24.8 Å². The highest BCUT2D eigenvalue weighted by molar-refractivity contribution is 5.84. The van der Waals surface area contributed by atoms with Crippen LogP contribution in [0.15, 0.2) is 65.7 Å². The van der Waals surface area contributed by atoms with E-state index in [1.165, 1.54) is 0 Å². The van der Waals surface area contributed by atoms with Gasteiger partial charge in [0.25, 0.3) is 0 Å². The third kappa shape index (κ3) is 4.88. The summed E-state index contributed by atoms with van der Waals surface area (Å²) >= 11 is 0.